The first kappa shape index (κ1) is 13.6. The van der Waals surface area contributed by atoms with E-state index >= 15 is 0 Å². The van der Waals surface area contributed by atoms with Crippen molar-refractivity contribution in [2.45, 2.75) is 57.7 Å². The summed E-state index contributed by atoms with van der Waals surface area (Å²) in [6.07, 6.45) is 4.74. The predicted octanol–water partition coefficient (Wildman–Crippen LogP) is 2.74. The van der Waals surface area contributed by atoms with Crippen LogP contribution in [0.15, 0.2) is 24.3 Å². The smallest absolute Gasteiger partial charge is 0.0110 e. The molecule has 1 aromatic carbocycles. The Morgan fingerprint density at radius 1 is 1.28 bits per heavy atom. The predicted molar refractivity (Wildman–Crippen MR) is 77.7 cm³/mol. The maximum Gasteiger partial charge on any atom is 0.0110 e. The van der Waals surface area contributed by atoms with E-state index in [-0.39, 0.29) is 0 Å². The van der Waals surface area contributed by atoms with Crippen LogP contribution >= 0.6 is 0 Å². The number of hydrogen-bond donors (Lipinski definition) is 1. The molecule has 0 aliphatic heterocycles. The van der Waals surface area contributed by atoms with Gasteiger partial charge in [0.2, 0.25) is 0 Å². The van der Waals surface area contributed by atoms with Crippen LogP contribution in [0, 0.1) is 6.92 Å². The summed E-state index contributed by atoms with van der Waals surface area (Å²) in [7, 11) is 2.25. The summed E-state index contributed by atoms with van der Waals surface area (Å²) in [6.45, 7) is 4.46. The molecule has 3 unspecified atom stereocenters. The van der Waals surface area contributed by atoms with Gasteiger partial charge in [-0.15, -0.1) is 0 Å². The highest BCUT2D eigenvalue weighted by Crippen LogP contribution is 2.24. The van der Waals surface area contributed by atoms with Gasteiger partial charge in [0.15, 0.2) is 0 Å². The number of nitrogens with two attached hydrogens (primary N) is 1. The zero-order valence-electron chi connectivity index (χ0n) is 11.9. The zero-order valence-corrected chi connectivity index (χ0v) is 11.9. The Morgan fingerprint density at radius 2 is 1.94 bits per heavy atom. The van der Waals surface area contributed by atoms with Gasteiger partial charge in [0, 0.05) is 18.1 Å². The monoisotopic (exact) mass is 246 g/mol. The molecular formula is C16H26N2. The van der Waals surface area contributed by atoms with Crippen LogP contribution in [0.4, 0.5) is 0 Å². The van der Waals surface area contributed by atoms with Crippen LogP contribution < -0.4 is 5.73 Å². The van der Waals surface area contributed by atoms with Gasteiger partial charge < -0.3 is 10.6 Å². The first-order valence-corrected chi connectivity index (χ1v) is 7.09. The third kappa shape index (κ3) is 3.33. The van der Waals surface area contributed by atoms with Gasteiger partial charge >= 0.3 is 0 Å². The second-order valence-corrected chi connectivity index (χ2v) is 5.93. The summed E-state index contributed by atoms with van der Waals surface area (Å²) in [6, 6.07) is 10.6. The third-order valence-corrected chi connectivity index (χ3v) is 4.37. The van der Waals surface area contributed by atoms with Crippen molar-refractivity contribution in [1.29, 1.82) is 0 Å². The molecule has 2 rings (SSSR count). The lowest BCUT2D eigenvalue weighted by Gasteiger charge is -2.30. The highest BCUT2D eigenvalue weighted by Gasteiger charge is 2.27. The highest BCUT2D eigenvalue weighted by atomic mass is 15.2. The first-order valence-electron chi connectivity index (χ1n) is 7.09. The standard InChI is InChI=1S/C16H26N2/c1-12-4-6-14(7-5-12)10-13(2)18(3)16-9-8-15(17)11-16/h4-7,13,15-16H,8-11,17H2,1-3H3. The fourth-order valence-electron chi connectivity index (χ4n) is 2.93. The van der Waals surface area contributed by atoms with Gasteiger partial charge in [-0.25, -0.2) is 0 Å². The van der Waals surface area contributed by atoms with E-state index in [4.69, 9.17) is 5.73 Å². The summed E-state index contributed by atoms with van der Waals surface area (Å²) < 4.78 is 0. The van der Waals surface area contributed by atoms with Gasteiger partial charge in [-0.2, -0.15) is 0 Å². The Balaban J connectivity index is 1.90. The molecule has 1 aliphatic carbocycles. The van der Waals surface area contributed by atoms with Crippen molar-refractivity contribution >= 4 is 0 Å². The molecule has 1 aromatic rings. The highest BCUT2D eigenvalue weighted by molar-refractivity contribution is 5.22. The molecule has 0 amide bonds. The summed E-state index contributed by atoms with van der Waals surface area (Å²) in [4.78, 5) is 2.52. The quantitative estimate of drug-likeness (QED) is 0.885. The molecular weight excluding hydrogens is 220 g/mol. The SMILES string of the molecule is Cc1ccc(CC(C)N(C)C2CCC(N)C2)cc1. The molecule has 0 spiro atoms. The van der Waals surface area contributed by atoms with Crippen LogP contribution in [0.1, 0.15) is 37.3 Å². The maximum atomic E-state index is 6.01. The van der Waals surface area contributed by atoms with E-state index in [9.17, 15) is 0 Å². The van der Waals surface area contributed by atoms with Crippen molar-refractivity contribution in [3.05, 3.63) is 35.4 Å². The number of hydrogen-bond acceptors (Lipinski definition) is 2. The van der Waals surface area contributed by atoms with Crippen LogP contribution in [-0.2, 0) is 6.42 Å². The molecule has 1 saturated carbocycles. The lowest BCUT2D eigenvalue weighted by atomic mass is 10.0. The largest absolute Gasteiger partial charge is 0.328 e. The van der Waals surface area contributed by atoms with Gasteiger partial charge in [0.05, 0.1) is 0 Å². The molecule has 1 fully saturated rings. The van der Waals surface area contributed by atoms with Crippen LogP contribution in [0.2, 0.25) is 0 Å². The third-order valence-electron chi connectivity index (χ3n) is 4.37. The van der Waals surface area contributed by atoms with Crippen molar-refractivity contribution < 1.29 is 0 Å². The minimum Gasteiger partial charge on any atom is -0.328 e. The second kappa shape index (κ2) is 5.85. The summed E-state index contributed by atoms with van der Waals surface area (Å²) >= 11 is 0. The van der Waals surface area contributed by atoms with Crippen LogP contribution in [0.5, 0.6) is 0 Å². The first-order chi connectivity index (χ1) is 8.56. The molecule has 2 N–H and O–H groups in total. The molecule has 0 aromatic heterocycles. The van der Waals surface area contributed by atoms with Crippen molar-refractivity contribution in [1.82, 2.24) is 4.90 Å². The average molecular weight is 246 g/mol. The molecule has 2 heteroatoms. The van der Waals surface area contributed by atoms with Crippen molar-refractivity contribution in [2.75, 3.05) is 7.05 Å². The molecule has 100 valence electrons. The van der Waals surface area contributed by atoms with Crippen LogP contribution in [0.25, 0.3) is 0 Å². The second-order valence-electron chi connectivity index (χ2n) is 5.93. The number of benzene rings is 1. The van der Waals surface area contributed by atoms with Crippen molar-refractivity contribution in [2.24, 2.45) is 5.73 Å². The van der Waals surface area contributed by atoms with Crippen molar-refractivity contribution in [3.8, 4) is 0 Å². The summed E-state index contributed by atoms with van der Waals surface area (Å²) in [5, 5.41) is 0. The van der Waals surface area contributed by atoms with E-state index in [0.717, 1.165) is 12.8 Å². The minimum absolute atomic E-state index is 0.420. The number of likely N-dealkylation sites (N-methyl/N-ethyl adjacent to an activating group) is 1. The van der Waals surface area contributed by atoms with Gasteiger partial charge in [-0.3, -0.25) is 0 Å². The van der Waals surface area contributed by atoms with Crippen molar-refractivity contribution in [3.63, 3.8) is 0 Å². The Bertz CT molecular complexity index is 371. The molecule has 2 nitrogen and oxygen atoms in total. The minimum atomic E-state index is 0.420. The van der Waals surface area contributed by atoms with Gasteiger partial charge in [0.25, 0.3) is 0 Å². The molecule has 0 heterocycles. The average Bonchev–Trinajstić information content (AvgIpc) is 2.78. The van der Waals surface area contributed by atoms with E-state index in [2.05, 4.69) is 50.1 Å². The Hall–Kier alpha value is -0.860. The Morgan fingerprint density at radius 3 is 2.50 bits per heavy atom. The fourth-order valence-corrected chi connectivity index (χ4v) is 2.93. The molecule has 3 atom stereocenters. The van der Waals surface area contributed by atoms with E-state index in [0.29, 0.717) is 18.1 Å². The molecule has 0 bridgehead atoms. The fraction of sp³-hybridized carbons (Fsp3) is 0.625. The lowest BCUT2D eigenvalue weighted by Crippen LogP contribution is -2.39. The van der Waals surface area contributed by atoms with E-state index < -0.39 is 0 Å². The Labute approximate surface area is 111 Å². The van der Waals surface area contributed by atoms with E-state index in [1.807, 2.05) is 0 Å². The lowest BCUT2D eigenvalue weighted by molar-refractivity contribution is 0.184. The molecule has 0 radical (unpaired) electrons. The van der Waals surface area contributed by atoms with E-state index in [1.54, 1.807) is 0 Å². The normalized spacial score (nSPS) is 25.6. The molecule has 18 heavy (non-hydrogen) atoms. The van der Waals surface area contributed by atoms with Gasteiger partial charge in [0.1, 0.15) is 0 Å². The number of nitrogens with zero attached hydrogens (tertiary/aromatic N) is 1. The zero-order chi connectivity index (χ0) is 13.1. The molecule has 0 saturated heterocycles. The summed E-state index contributed by atoms with van der Waals surface area (Å²) in [5.41, 5.74) is 8.77. The number of aryl methyl sites for hydroxylation is 1. The van der Waals surface area contributed by atoms with Crippen LogP contribution in [0.3, 0.4) is 0 Å². The van der Waals surface area contributed by atoms with Gasteiger partial charge in [-0.1, -0.05) is 29.8 Å². The molecule has 1 aliphatic rings. The van der Waals surface area contributed by atoms with Crippen LogP contribution in [-0.4, -0.2) is 30.1 Å². The van der Waals surface area contributed by atoms with Gasteiger partial charge in [-0.05, 0) is 52.1 Å². The Kier molecular flexibility index (Phi) is 4.41. The maximum absolute atomic E-state index is 6.01. The summed E-state index contributed by atoms with van der Waals surface area (Å²) in [5.74, 6) is 0. The number of rotatable bonds is 4. The van der Waals surface area contributed by atoms with E-state index in [1.165, 1.54) is 24.0 Å². The topological polar surface area (TPSA) is 29.3 Å².